The van der Waals surface area contributed by atoms with E-state index in [-0.39, 0.29) is 18.0 Å². The van der Waals surface area contributed by atoms with Gasteiger partial charge in [0.05, 0.1) is 13.2 Å². The van der Waals surface area contributed by atoms with E-state index >= 15 is 0 Å². The number of aryl methyl sites for hydroxylation is 2. The van der Waals surface area contributed by atoms with Gasteiger partial charge < -0.3 is 10.1 Å². The molecule has 0 aliphatic heterocycles. The lowest BCUT2D eigenvalue weighted by molar-refractivity contribution is -0.123. The lowest BCUT2D eigenvalue weighted by Crippen LogP contribution is -2.42. The van der Waals surface area contributed by atoms with Crippen molar-refractivity contribution in [2.75, 3.05) is 7.11 Å². The Morgan fingerprint density at radius 2 is 1.68 bits per heavy atom. The lowest BCUT2D eigenvalue weighted by atomic mass is 10.0. The molecule has 1 amide bonds. The van der Waals surface area contributed by atoms with Gasteiger partial charge in [-0.15, -0.1) is 0 Å². The second-order valence-corrected chi connectivity index (χ2v) is 6.56. The molecule has 0 heterocycles. The molecule has 4 heteroatoms. The molecule has 0 unspecified atom stereocenters. The second kappa shape index (κ2) is 8.67. The predicted molar refractivity (Wildman–Crippen MR) is 102 cm³/mol. The van der Waals surface area contributed by atoms with E-state index < -0.39 is 0 Å². The van der Waals surface area contributed by atoms with E-state index in [1.54, 1.807) is 7.11 Å². The number of rotatable bonds is 7. The van der Waals surface area contributed by atoms with Crippen LogP contribution in [0.4, 0.5) is 0 Å². The van der Waals surface area contributed by atoms with Gasteiger partial charge in [0, 0.05) is 18.2 Å². The van der Waals surface area contributed by atoms with E-state index in [0.717, 1.165) is 16.9 Å². The fourth-order valence-electron chi connectivity index (χ4n) is 2.78. The molecule has 0 spiro atoms. The molecular formula is C21H28N2O2. The number of ether oxygens (including phenoxy) is 1. The summed E-state index contributed by atoms with van der Waals surface area (Å²) in [5.74, 6) is 0.817. The highest BCUT2D eigenvalue weighted by Crippen LogP contribution is 2.26. The number of benzene rings is 2. The third-order valence-corrected chi connectivity index (χ3v) is 4.33. The van der Waals surface area contributed by atoms with Gasteiger partial charge in [-0.05, 0) is 39.3 Å². The highest BCUT2D eigenvalue weighted by Gasteiger charge is 2.18. The second-order valence-electron chi connectivity index (χ2n) is 6.56. The fraction of sp³-hybridized carbons (Fsp3) is 0.381. The molecule has 0 saturated carbocycles. The molecule has 134 valence electrons. The average Bonchev–Trinajstić information content (AvgIpc) is 2.60. The van der Waals surface area contributed by atoms with Crippen molar-refractivity contribution >= 4 is 5.91 Å². The quantitative estimate of drug-likeness (QED) is 0.808. The first-order valence-electron chi connectivity index (χ1n) is 8.64. The predicted octanol–water partition coefficient (Wildman–Crippen LogP) is 3.67. The molecule has 2 aromatic rings. The van der Waals surface area contributed by atoms with E-state index in [9.17, 15) is 4.79 Å². The van der Waals surface area contributed by atoms with E-state index in [4.69, 9.17) is 4.74 Å². The van der Waals surface area contributed by atoms with Gasteiger partial charge in [0.15, 0.2) is 0 Å². The molecule has 0 radical (unpaired) electrons. The molecule has 2 atom stereocenters. The monoisotopic (exact) mass is 340 g/mol. The molecule has 0 aromatic heterocycles. The Morgan fingerprint density at radius 3 is 2.32 bits per heavy atom. The van der Waals surface area contributed by atoms with Gasteiger partial charge >= 0.3 is 0 Å². The van der Waals surface area contributed by atoms with E-state index in [0.29, 0.717) is 6.54 Å². The summed E-state index contributed by atoms with van der Waals surface area (Å²) in [7, 11) is 1.67. The molecule has 0 aliphatic rings. The first-order chi connectivity index (χ1) is 11.9. The SMILES string of the molecule is COc1ccc(C)cc1[C@@H](C)N[C@H](C)C(=O)NCc1ccc(C)cc1. The average molecular weight is 340 g/mol. The van der Waals surface area contributed by atoms with Gasteiger partial charge in [-0.2, -0.15) is 0 Å². The molecule has 0 bridgehead atoms. The van der Waals surface area contributed by atoms with Gasteiger partial charge in [0.25, 0.3) is 0 Å². The minimum Gasteiger partial charge on any atom is -0.496 e. The lowest BCUT2D eigenvalue weighted by Gasteiger charge is -2.22. The zero-order valence-electron chi connectivity index (χ0n) is 15.7. The van der Waals surface area contributed by atoms with Crippen molar-refractivity contribution < 1.29 is 9.53 Å². The summed E-state index contributed by atoms with van der Waals surface area (Å²) < 4.78 is 5.44. The number of hydrogen-bond acceptors (Lipinski definition) is 3. The molecule has 2 rings (SSSR count). The van der Waals surface area contributed by atoms with Crippen LogP contribution in [-0.4, -0.2) is 19.1 Å². The minimum atomic E-state index is -0.300. The first kappa shape index (κ1) is 19.0. The Labute approximate surface area is 150 Å². The van der Waals surface area contributed by atoms with Gasteiger partial charge in [0.2, 0.25) is 5.91 Å². The number of carbonyl (C=O) groups is 1. The van der Waals surface area contributed by atoms with Crippen LogP contribution in [0.15, 0.2) is 42.5 Å². The van der Waals surface area contributed by atoms with Crippen molar-refractivity contribution in [1.29, 1.82) is 0 Å². The molecule has 4 nitrogen and oxygen atoms in total. The van der Waals surface area contributed by atoms with Crippen LogP contribution in [-0.2, 0) is 11.3 Å². The third-order valence-electron chi connectivity index (χ3n) is 4.33. The van der Waals surface area contributed by atoms with Crippen molar-refractivity contribution in [3.8, 4) is 5.75 Å². The summed E-state index contributed by atoms with van der Waals surface area (Å²) in [4.78, 5) is 12.4. The highest BCUT2D eigenvalue weighted by atomic mass is 16.5. The van der Waals surface area contributed by atoms with Crippen molar-refractivity contribution in [2.45, 2.75) is 46.3 Å². The molecule has 0 fully saturated rings. The van der Waals surface area contributed by atoms with E-state index in [2.05, 4.69) is 35.8 Å². The maximum Gasteiger partial charge on any atom is 0.237 e. The Hall–Kier alpha value is -2.33. The van der Waals surface area contributed by atoms with Crippen LogP contribution < -0.4 is 15.4 Å². The van der Waals surface area contributed by atoms with Crippen LogP contribution in [0, 0.1) is 13.8 Å². The third kappa shape index (κ3) is 5.33. The largest absolute Gasteiger partial charge is 0.496 e. The first-order valence-corrected chi connectivity index (χ1v) is 8.64. The van der Waals surface area contributed by atoms with Gasteiger partial charge in [-0.25, -0.2) is 0 Å². The summed E-state index contributed by atoms with van der Waals surface area (Å²) in [6, 6.07) is 14.0. The smallest absolute Gasteiger partial charge is 0.237 e. The number of methoxy groups -OCH3 is 1. The van der Waals surface area contributed by atoms with Crippen LogP contribution in [0.25, 0.3) is 0 Å². The molecule has 0 aliphatic carbocycles. The maximum atomic E-state index is 12.4. The summed E-state index contributed by atoms with van der Waals surface area (Å²) in [6.07, 6.45) is 0. The van der Waals surface area contributed by atoms with Crippen LogP contribution in [0.3, 0.4) is 0 Å². The van der Waals surface area contributed by atoms with Crippen LogP contribution in [0.1, 0.15) is 42.1 Å². The topological polar surface area (TPSA) is 50.4 Å². The van der Waals surface area contributed by atoms with Gasteiger partial charge in [-0.1, -0.05) is 47.5 Å². The molecular weight excluding hydrogens is 312 g/mol. The van der Waals surface area contributed by atoms with Crippen LogP contribution >= 0.6 is 0 Å². The Morgan fingerprint density at radius 1 is 1.04 bits per heavy atom. The van der Waals surface area contributed by atoms with Gasteiger partial charge in [-0.3, -0.25) is 10.1 Å². The zero-order valence-corrected chi connectivity index (χ0v) is 15.7. The number of carbonyl (C=O) groups excluding carboxylic acids is 1. The van der Waals surface area contributed by atoms with Crippen LogP contribution in [0.5, 0.6) is 5.75 Å². The summed E-state index contributed by atoms with van der Waals surface area (Å²) in [5, 5.41) is 6.33. The fourth-order valence-corrected chi connectivity index (χ4v) is 2.78. The number of amides is 1. The Balaban J connectivity index is 1.94. The minimum absolute atomic E-state index is 0.00924. The zero-order chi connectivity index (χ0) is 18.4. The molecule has 0 saturated heterocycles. The number of nitrogens with one attached hydrogen (secondary N) is 2. The standard InChI is InChI=1S/C21H28N2O2/c1-14-6-9-18(10-7-14)13-22-21(24)17(4)23-16(3)19-12-15(2)8-11-20(19)25-5/h6-12,16-17,23H,13H2,1-5H3,(H,22,24)/t16-,17-/m1/s1. The van der Waals surface area contributed by atoms with Crippen LogP contribution in [0.2, 0.25) is 0 Å². The summed E-state index contributed by atoms with van der Waals surface area (Å²) >= 11 is 0. The van der Waals surface area contributed by atoms with Crippen molar-refractivity contribution in [2.24, 2.45) is 0 Å². The molecule has 2 aromatic carbocycles. The van der Waals surface area contributed by atoms with E-state index in [1.807, 2.05) is 45.0 Å². The highest BCUT2D eigenvalue weighted by molar-refractivity contribution is 5.81. The molecule has 25 heavy (non-hydrogen) atoms. The normalized spacial score (nSPS) is 13.2. The Bertz CT molecular complexity index is 710. The summed E-state index contributed by atoms with van der Waals surface area (Å²) in [5.41, 5.74) is 4.53. The van der Waals surface area contributed by atoms with E-state index in [1.165, 1.54) is 11.1 Å². The Kier molecular flexibility index (Phi) is 6.59. The van der Waals surface area contributed by atoms with Gasteiger partial charge in [0.1, 0.15) is 5.75 Å². The van der Waals surface area contributed by atoms with Crippen molar-refractivity contribution in [1.82, 2.24) is 10.6 Å². The maximum absolute atomic E-state index is 12.4. The van der Waals surface area contributed by atoms with Crippen molar-refractivity contribution in [3.05, 3.63) is 64.7 Å². The molecule has 2 N–H and O–H groups in total. The summed E-state index contributed by atoms with van der Waals surface area (Å²) in [6.45, 7) is 8.56. The number of hydrogen-bond donors (Lipinski definition) is 2. The van der Waals surface area contributed by atoms with Crippen molar-refractivity contribution in [3.63, 3.8) is 0 Å².